The van der Waals surface area contributed by atoms with Gasteiger partial charge >= 0.3 is 5.97 Å². The van der Waals surface area contributed by atoms with Gasteiger partial charge < -0.3 is 15.7 Å². The molecule has 0 spiro atoms. The van der Waals surface area contributed by atoms with E-state index < -0.39 is 17.4 Å². The highest BCUT2D eigenvalue weighted by Gasteiger charge is 2.40. The summed E-state index contributed by atoms with van der Waals surface area (Å²) in [6.07, 6.45) is 2.75. The van der Waals surface area contributed by atoms with E-state index in [1.165, 1.54) is 0 Å². The van der Waals surface area contributed by atoms with Gasteiger partial charge in [0.2, 0.25) is 5.91 Å². The Kier molecular flexibility index (Phi) is 4.93. The highest BCUT2D eigenvalue weighted by atomic mass is 16.4. The molecule has 1 aliphatic rings. The van der Waals surface area contributed by atoms with E-state index in [0.717, 1.165) is 25.8 Å². The van der Waals surface area contributed by atoms with Crippen molar-refractivity contribution in [2.75, 3.05) is 13.1 Å². The van der Waals surface area contributed by atoms with Gasteiger partial charge in [0, 0.05) is 6.54 Å². The van der Waals surface area contributed by atoms with Gasteiger partial charge in [-0.3, -0.25) is 4.79 Å². The number of amides is 1. The molecule has 5 nitrogen and oxygen atoms in total. The van der Waals surface area contributed by atoms with Crippen LogP contribution in [0, 0.1) is 5.41 Å². The number of carbonyl (C=O) groups is 2. The molecular weight excluding hydrogens is 220 g/mol. The quantitative estimate of drug-likeness (QED) is 0.642. The summed E-state index contributed by atoms with van der Waals surface area (Å²) in [6.45, 7) is 5.36. The van der Waals surface area contributed by atoms with Crippen LogP contribution < -0.4 is 10.6 Å². The molecule has 0 aromatic rings. The first-order valence-electron chi connectivity index (χ1n) is 6.30. The average molecular weight is 242 g/mol. The molecule has 1 aliphatic heterocycles. The Bertz CT molecular complexity index is 285. The third-order valence-electron chi connectivity index (χ3n) is 3.58. The lowest BCUT2D eigenvalue weighted by Gasteiger charge is -2.27. The maximum absolute atomic E-state index is 12.2. The third kappa shape index (κ3) is 3.19. The van der Waals surface area contributed by atoms with E-state index in [1.54, 1.807) is 0 Å². The molecule has 0 saturated carbocycles. The number of hydrogen-bond acceptors (Lipinski definition) is 3. The summed E-state index contributed by atoms with van der Waals surface area (Å²) in [5.41, 5.74) is -0.415. The van der Waals surface area contributed by atoms with Crippen molar-refractivity contribution in [1.82, 2.24) is 10.6 Å². The van der Waals surface area contributed by atoms with Gasteiger partial charge in [-0.15, -0.1) is 0 Å². The highest BCUT2D eigenvalue weighted by Crippen LogP contribution is 2.29. The average Bonchev–Trinajstić information content (AvgIpc) is 2.78. The summed E-state index contributed by atoms with van der Waals surface area (Å²) < 4.78 is 0. The molecule has 0 radical (unpaired) electrons. The van der Waals surface area contributed by atoms with Crippen molar-refractivity contribution >= 4 is 11.9 Å². The van der Waals surface area contributed by atoms with Crippen molar-refractivity contribution in [3.05, 3.63) is 0 Å². The van der Waals surface area contributed by atoms with Crippen LogP contribution in [0.4, 0.5) is 0 Å². The first-order valence-corrected chi connectivity index (χ1v) is 6.30. The fourth-order valence-electron chi connectivity index (χ4n) is 2.26. The molecule has 1 unspecified atom stereocenters. The molecule has 1 rings (SSSR count). The molecule has 1 saturated heterocycles. The Labute approximate surface area is 102 Å². The van der Waals surface area contributed by atoms with Gasteiger partial charge in [0.15, 0.2) is 0 Å². The molecule has 0 bridgehead atoms. The zero-order valence-corrected chi connectivity index (χ0v) is 10.6. The minimum absolute atomic E-state index is 0.120. The SMILES string of the molecule is CCC[C@H](NC(=O)C1(CC)CCNC1)C(=O)O. The number of carbonyl (C=O) groups excluding carboxylic acids is 1. The summed E-state index contributed by atoms with van der Waals surface area (Å²) in [5, 5.41) is 14.9. The van der Waals surface area contributed by atoms with Crippen LogP contribution >= 0.6 is 0 Å². The largest absolute Gasteiger partial charge is 0.480 e. The van der Waals surface area contributed by atoms with Crippen molar-refractivity contribution in [3.8, 4) is 0 Å². The Morgan fingerprint density at radius 1 is 1.47 bits per heavy atom. The summed E-state index contributed by atoms with van der Waals surface area (Å²) in [4.78, 5) is 23.2. The van der Waals surface area contributed by atoms with Gasteiger partial charge in [-0.2, -0.15) is 0 Å². The second kappa shape index (κ2) is 6.00. The molecule has 2 atom stereocenters. The predicted octanol–water partition coefficient (Wildman–Crippen LogP) is 0.746. The standard InChI is InChI=1S/C12H22N2O3/c1-3-5-9(10(15)16)14-11(17)12(4-2)6-7-13-8-12/h9,13H,3-8H2,1-2H3,(H,14,17)(H,15,16)/t9-,12?/m0/s1. The predicted molar refractivity (Wildman–Crippen MR) is 64.7 cm³/mol. The lowest BCUT2D eigenvalue weighted by atomic mass is 9.83. The van der Waals surface area contributed by atoms with Crippen molar-refractivity contribution in [2.45, 2.75) is 45.6 Å². The van der Waals surface area contributed by atoms with Gasteiger partial charge in [-0.1, -0.05) is 20.3 Å². The molecule has 1 fully saturated rings. The Hall–Kier alpha value is -1.10. The normalized spacial score (nSPS) is 25.5. The van der Waals surface area contributed by atoms with Gasteiger partial charge in [-0.05, 0) is 25.8 Å². The molecule has 0 aliphatic carbocycles. The monoisotopic (exact) mass is 242 g/mol. The number of aliphatic carboxylic acids is 1. The number of nitrogens with one attached hydrogen (secondary N) is 2. The van der Waals surface area contributed by atoms with Gasteiger partial charge in [0.05, 0.1) is 5.41 Å². The fourth-order valence-corrected chi connectivity index (χ4v) is 2.26. The molecule has 17 heavy (non-hydrogen) atoms. The minimum atomic E-state index is -0.947. The van der Waals surface area contributed by atoms with E-state index in [-0.39, 0.29) is 5.91 Å². The Balaban J connectivity index is 2.65. The zero-order chi connectivity index (χ0) is 12.9. The molecule has 1 amide bonds. The van der Waals surface area contributed by atoms with E-state index in [4.69, 9.17) is 5.11 Å². The minimum Gasteiger partial charge on any atom is -0.480 e. The third-order valence-corrected chi connectivity index (χ3v) is 3.58. The highest BCUT2D eigenvalue weighted by molar-refractivity contribution is 5.87. The number of rotatable bonds is 6. The lowest BCUT2D eigenvalue weighted by molar-refractivity contribution is -0.144. The summed E-state index contributed by atoms with van der Waals surface area (Å²) in [6, 6.07) is -0.753. The molecular formula is C12H22N2O3. The van der Waals surface area contributed by atoms with Gasteiger partial charge in [-0.25, -0.2) is 4.79 Å². The van der Waals surface area contributed by atoms with E-state index >= 15 is 0 Å². The first kappa shape index (κ1) is 14.0. The Morgan fingerprint density at radius 3 is 2.59 bits per heavy atom. The topological polar surface area (TPSA) is 78.4 Å². The summed E-state index contributed by atoms with van der Waals surface area (Å²) in [5.74, 6) is -1.07. The fraction of sp³-hybridized carbons (Fsp3) is 0.833. The van der Waals surface area contributed by atoms with Crippen LogP contribution in [0.15, 0.2) is 0 Å². The summed E-state index contributed by atoms with van der Waals surface area (Å²) >= 11 is 0. The van der Waals surface area contributed by atoms with Crippen molar-refractivity contribution < 1.29 is 14.7 Å². The van der Waals surface area contributed by atoms with Crippen molar-refractivity contribution in [3.63, 3.8) is 0 Å². The number of hydrogen-bond donors (Lipinski definition) is 3. The maximum atomic E-state index is 12.2. The molecule has 98 valence electrons. The van der Waals surface area contributed by atoms with Crippen LogP contribution in [0.25, 0.3) is 0 Å². The second-order valence-electron chi connectivity index (χ2n) is 4.71. The molecule has 3 N–H and O–H groups in total. The van der Waals surface area contributed by atoms with E-state index in [0.29, 0.717) is 13.0 Å². The van der Waals surface area contributed by atoms with E-state index in [2.05, 4.69) is 10.6 Å². The van der Waals surface area contributed by atoms with Crippen LogP contribution in [0.2, 0.25) is 0 Å². The first-order chi connectivity index (χ1) is 8.05. The lowest BCUT2D eigenvalue weighted by Crippen LogP contribution is -2.49. The van der Waals surface area contributed by atoms with Crippen molar-refractivity contribution in [1.29, 1.82) is 0 Å². The second-order valence-corrected chi connectivity index (χ2v) is 4.71. The van der Waals surface area contributed by atoms with E-state index in [9.17, 15) is 9.59 Å². The number of carboxylic acids is 1. The van der Waals surface area contributed by atoms with Gasteiger partial charge in [0.1, 0.15) is 6.04 Å². The summed E-state index contributed by atoms with van der Waals surface area (Å²) in [7, 11) is 0. The molecule has 0 aromatic heterocycles. The van der Waals surface area contributed by atoms with Crippen LogP contribution in [-0.4, -0.2) is 36.1 Å². The van der Waals surface area contributed by atoms with E-state index in [1.807, 2.05) is 13.8 Å². The van der Waals surface area contributed by atoms with Crippen molar-refractivity contribution in [2.24, 2.45) is 5.41 Å². The van der Waals surface area contributed by atoms with Crippen LogP contribution in [0.5, 0.6) is 0 Å². The molecule has 0 aromatic carbocycles. The Morgan fingerprint density at radius 2 is 2.18 bits per heavy atom. The smallest absolute Gasteiger partial charge is 0.326 e. The molecule has 1 heterocycles. The van der Waals surface area contributed by atoms with Gasteiger partial charge in [0.25, 0.3) is 0 Å². The maximum Gasteiger partial charge on any atom is 0.326 e. The zero-order valence-electron chi connectivity index (χ0n) is 10.6. The molecule has 5 heteroatoms. The van der Waals surface area contributed by atoms with Crippen LogP contribution in [0.1, 0.15) is 39.5 Å². The van der Waals surface area contributed by atoms with Crippen LogP contribution in [-0.2, 0) is 9.59 Å². The number of carboxylic acid groups (broad SMARTS) is 1. The van der Waals surface area contributed by atoms with Crippen LogP contribution in [0.3, 0.4) is 0 Å².